The van der Waals surface area contributed by atoms with E-state index < -0.39 is 0 Å². The van der Waals surface area contributed by atoms with Gasteiger partial charge in [-0.1, -0.05) is 44.0 Å². The highest BCUT2D eigenvalue weighted by atomic mass is 15.2. The lowest BCUT2D eigenvalue weighted by molar-refractivity contribution is 0.186. The van der Waals surface area contributed by atoms with Crippen molar-refractivity contribution < 1.29 is 0 Å². The van der Waals surface area contributed by atoms with E-state index in [1.807, 2.05) is 0 Å². The molecular weight excluding hydrogens is 256 g/mol. The van der Waals surface area contributed by atoms with Gasteiger partial charge in [-0.05, 0) is 49.8 Å². The first kappa shape index (κ1) is 15.1. The van der Waals surface area contributed by atoms with Crippen molar-refractivity contribution in [1.82, 2.24) is 10.2 Å². The van der Waals surface area contributed by atoms with Gasteiger partial charge in [0.25, 0.3) is 0 Å². The normalized spacial score (nSPS) is 24.0. The van der Waals surface area contributed by atoms with Crippen LogP contribution in [0.4, 0.5) is 0 Å². The first-order valence-corrected chi connectivity index (χ1v) is 8.90. The van der Waals surface area contributed by atoms with Crippen LogP contribution in [0.1, 0.15) is 63.0 Å². The summed E-state index contributed by atoms with van der Waals surface area (Å²) in [7, 11) is 0. The fourth-order valence-electron chi connectivity index (χ4n) is 3.45. The number of likely N-dealkylation sites (tertiary alicyclic amines) is 1. The minimum absolute atomic E-state index is 0.795. The van der Waals surface area contributed by atoms with E-state index in [4.69, 9.17) is 0 Å². The van der Waals surface area contributed by atoms with Crippen LogP contribution < -0.4 is 5.32 Å². The molecule has 2 heteroatoms. The van der Waals surface area contributed by atoms with E-state index in [0.29, 0.717) is 0 Å². The number of nitrogens with one attached hydrogen (secondary N) is 1. The Morgan fingerprint density at radius 2 is 1.76 bits per heavy atom. The van der Waals surface area contributed by atoms with Gasteiger partial charge in [-0.2, -0.15) is 0 Å². The Kier molecular flexibility index (Phi) is 5.32. The second-order valence-corrected chi connectivity index (χ2v) is 6.85. The van der Waals surface area contributed by atoms with Crippen LogP contribution in [0.15, 0.2) is 24.3 Å². The van der Waals surface area contributed by atoms with Crippen LogP contribution in [0.25, 0.3) is 0 Å². The maximum Gasteiger partial charge on any atom is 0.0236 e. The number of hydrogen-bond acceptors (Lipinski definition) is 2. The minimum atomic E-state index is 0.795. The second kappa shape index (κ2) is 7.42. The molecule has 0 radical (unpaired) electrons. The third-order valence-electron chi connectivity index (χ3n) is 5.05. The van der Waals surface area contributed by atoms with Gasteiger partial charge >= 0.3 is 0 Å². The van der Waals surface area contributed by atoms with Crippen molar-refractivity contribution in [3.8, 4) is 0 Å². The van der Waals surface area contributed by atoms with E-state index in [1.54, 1.807) is 0 Å². The van der Waals surface area contributed by atoms with Crippen molar-refractivity contribution in [1.29, 1.82) is 0 Å². The Hall–Kier alpha value is -0.860. The van der Waals surface area contributed by atoms with Gasteiger partial charge in [0.05, 0.1) is 0 Å². The zero-order chi connectivity index (χ0) is 14.5. The number of rotatable bonds is 6. The van der Waals surface area contributed by atoms with Crippen LogP contribution in [0, 0.1) is 0 Å². The third kappa shape index (κ3) is 4.55. The van der Waals surface area contributed by atoms with E-state index in [9.17, 15) is 0 Å². The van der Waals surface area contributed by atoms with Crippen molar-refractivity contribution in [2.45, 2.75) is 77.0 Å². The van der Waals surface area contributed by atoms with Crippen molar-refractivity contribution in [3.63, 3.8) is 0 Å². The average molecular weight is 286 g/mol. The molecule has 0 amide bonds. The van der Waals surface area contributed by atoms with E-state index in [0.717, 1.165) is 25.2 Å². The van der Waals surface area contributed by atoms with Gasteiger partial charge in [0.15, 0.2) is 0 Å². The molecule has 3 rings (SSSR count). The van der Waals surface area contributed by atoms with Gasteiger partial charge in [-0.25, -0.2) is 0 Å². The van der Waals surface area contributed by atoms with Crippen LogP contribution >= 0.6 is 0 Å². The first-order valence-electron chi connectivity index (χ1n) is 8.90. The van der Waals surface area contributed by atoms with Gasteiger partial charge in [0, 0.05) is 25.2 Å². The quantitative estimate of drug-likeness (QED) is 0.847. The monoisotopic (exact) mass is 286 g/mol. The summed E-state index contributed by atoms with van der Waals surface area (Å²) in [5.74, 6) is 0. The molecule has 2 nitrogen and oxygen atoms in total. The maximum atomic E-state index is 3.59. The average Bonchev–Trinajstić information content (AvgIpc) is 3.34. The third-order valence-corrected chi connectivity index (χ3v) is 5.05. The highest BCUT2D eigenvalue weighted by molar-refractivity contribution is 5.22. The molecular formula is C19H30N2. The van der Waals surface area contributed by atoms with Gasteiger partial charge in [0.2, 0.25) is 0 Å². The molecule has 116 valence electrons. The van der Waals surface area contributed by atoms with E-state index in [2.05, 4.69) is 41.4 Å². The first-order chi connectivity index (χ1) is 10.3. The molecule has 1 heterocycles. The Labute approximate surface area is 129 Å². The molecule has 1 unspecified atom stereocenters. The molecule has 1 aliphatic carbocycles. The van der Waals surface area contributed by atoms with Crippen LogP contribution in [0.3, 0.4) is 0 Å². The standard InChI is InChI=1S/C19H30N2/c1-2-19-6-4-3-5-13-21(19)15-17-9-7-16(8-10-17)14-20-18-11-12-18/h7-10,18-20H,2-6,11-15H2,1H3. The lowest BCUT2D eigenvalue weighted by Crippen LogP contribution is -2.33. The fraction of sp³-hybridized carbons (Fsp3) is 0.684. The Morgan fingerprint density at radius 1 is 1.00 bits per heavy atom. The van der Waals surface area contributed by atoms with Crippen LogP contribution in [0.2, 0.25) is 0 Å². The summed E-state index contributed by atoms with van der Waals surface area (Å²) < 4.78 is 0. The predicted octanol–water partition coefficient (Wildman–Crippen LogP) is 4.09. The molecule has 1 atom stereocenters. The number of nitrogens with zero attached hydrogens (tertiary/aromatic N) is 1. The van der Waals surface area contributed by atoms with E-state index in [-0.39, 0.29) is 0 Å². The molecule has 1 aliphatic heterocycles. The zero-order valence-electron chi connectivity index (χ0n) is 13.5. The largest absolute Gasteiger partial charge is 0.310 e. The summed E-state index contributed by atoms with van der Waals surface area (Å²) in [5.41, 5.74) is 2.90. The Morgan fingerprint density at radius 3 is 2.48 bits per heavy atom. The molecule has 1 N–H and O–H groups in total. The molecule has 0 bridgehead atoms. The molecule has 2 aliphatic rings. The second-order valence-electron chi connectivity index (χ2n) is 6.85. The summed E-state index contributed by atoms with van der Waals surface area (Å²) in [5, 5.41) is 3.59. The van der Waals surface area contributed by atoms with Crippen molar-refractivity contribution in [2.24, 2.45) is 0 Å². The number of hydrogen-bond donors (Lipinski definition) is 1. The Balaban J connectivity index is 1.55. The molecule has 1 aromatic carbocycles. The van der Waals surface area contributed by atoms with Gasteiger partial charge in [-0.15, -0.1) is 0 Å². The fourth-order valence-corrected chi connectivity index (χ4v) is 3.45. The summed E-state index contributed by atoms with van der Waals surface area (Å²) in [6.07, 6.45) is 9.62. The molecule has 1 aromatic rings. The highest BCUT2D eigenvalue weighted by Crippen LogP contribution is 2.22. The lowest BCUT2D eigenvalue weighted by Gasteiger charge is -2.29. The maximum absolute atomic E-state index is 3.59. The molecule has 1 saturated heterocycles. The predicted molar refractivity (Wildman–Crippen MR) is 89.3 cm³/mol. The molecule has 21 heavy (non-hydrogen) atoms. The lowest BCUT2D eigenvalue weighted by atomic mass is 10.1. The van der Waals surface area contributed by atoms with Crippen molar-refractivity contribution in [2.75, 3.05) is 6.54 Å². The van der Waals surface area contributed by atoms with Crippen molar-refractivity contribution in [3.05, 3.63) is 35.4 Å². The summed E-state index contributed by atoms with van der Waals surface area (Å²) >= 11 is 0. The molecule has 1 saturated carbocycles. The molecule has 0 spiro atoms. The minimum Gasteiger partial charge on any atom is -0.310 e. The Bertz CT molecular complexity index is 422. The SMILES string of the molecule is CCC1CCCCCN1Cc1ccc(CNC2CC2)cc1. The highest BCUT2D eigenvalue weighted by Gasteiger charge is 2.20. The van der Waals surface area contributed by atoms with Crippen LogP contribution in [-0.4, -0.2) is 23.5 Å². The van der Waals surface area contributed by atoms with E-state index in [1.165, 1.54) is 62.6 Å². The van der Waals surface area contributed by atoms with Gasteiger partial charge < -0.3 is 5.32 Å². The number of benzene rings is 1. The van der Waals surface area contributed by atoms with Crippen LogP contribution in [-0.2, 0) is 13.1 Å². The topological polar surface area (TPSA) is 15.3 Å². The van der Waals surface area contributed by atoms with Gasteiger partial charge in [-0.3, -0.25) is 4.90 Å². The molecule has 0 aromatic heterocycles. The van der Waals surface area contributed by atoms with Crippen LogP contribution in [0.5, 0.6) is 0 Å². The zero-order valence-corrected chi connectivity index (χ0v) is 13.5. The summed E-state index contributed by atoms with van der Waals surface area (Å²) in [4.78, 5) is 2.71. The van der Waals surface area contributed by atoms with Gasteiger partial charge in [0.1, 0.15) is 0 Å². The summed E-state index contributed by atoms with van der Waals surface area (Å²) in [6.45, 7) is 5.79. The summed E-state index contributed by atoms with van der Waals surface area (Å²) in [6, 6.07) is 10.9. The van der Waals surface area contributed by atoms with Crippen molar-refractivity contribution >= 4 is 0 Å². The smallest absolute Gasteiger partial charge is 0.0236 e. The molecule has 2 fully saturated rings. The van der Waals surface area contributed by atoms with E-state index >= 15 is 0 Å².